The molecule has 1 aromatic heterocycles. The van der Waals surface area contributed by atoms with E-state index in [0.717, 1.165) is 22.3 Å². The highest BCUT2D eigenvalue weighted by molar-refractivity contribution is 5.90. The number of rotatable bonds is 3. The highest BCUT2D eigenvalue weighted by Crippen LogP contribution is 2.30. The highest BCUT2D eigenvalue weighted by Gasteiger charge is 2.26. The van der Waals surface area contributed by atoms with Gasteiger partial charge < -0.3 is 24.3 Å². The molecule has 2 heterocycles. The first-order valence-electron chi connectivity index (χ1n) is 10.2. The summed E-state index contributed by atoms with van der Waals surface area (Å²) >= 11 is 0. The lowest BCUT2D eigenvalue weighted by atomic mass is 9.98. The number of carbonyl (C=O) groups excluding carboxylic acids is 1. The van der Waals surface area contributed by atoms with Crippen molar-refractivity contribution in [1.29, 1.82) is 0 Å². The second kappa shape index (κ2) is 7.98. The minimum absolute atomic E-state index is 0.0125. The summed E-state index contributed by atoms with van der Waals surface area (Å²) in [7, 11) is 5.12. The fourth-order valence-electron chi connectivity index (χ4n) is 4.49. The van der Waals surface area contributed by atoms with Gasteiger partial charge >= 0.3 is 6.03 Å². The molecule has 0 aliphatic carbocycles. The Bertz CT molecular complexity index is 1250. The van der Waals surface area contributed by atoms with Crippen LogP contribution in [0.4, 0.5) is 10.5 Å². The molecule has 7 nitrogen and oxygen atoms in total. The molecular weight excluding hydrogens is 394 g/mol. The minimum atomic E-state index is -0.250. The number of methoxy groups -OCH3 is 2. The van der Waals surface area contributed by atoms with E-state index in [2.05, 4.69) is 16.0 Å². The van der Waals surface area contributed by atoms with Crippen molar-refractivity contribution >= 4 is 22.6 Å². The van der Waals surface area contributed by atoms with Crippen molar-refractivity contribution in [2.24, 2.45) is 7.05 Å². The number of aryl methyl sites for hydroxylation is 3. The van der Waals surface area contributed by atoms with E-state index in [0.29, 0.717) is 41.1 Å². The summed E-state index contributed by atoms with van der Waals surface area (Å²) in [6.45, 7) is 4.85. The summed E-state index contributed by atoms with van der Waals surface area (Å²) in [6.07, 6.45) is 0.629. The second-order valence-corrected chi connectivity index (χ2v) is 7.96. The first-order valence-corrected chi connectivity index (χ1v) is 10.2. The number of carbonyl (C=O) groups is 1. The molecule has 0 bridgehead atoms. The van der Waals surface area contributed by atoms with Crippen molar-refractivity contribution in [3.63, 3.8) is 0 Å². The van der Waals surface area contributed by atoms with Crippen LogP contribution in [0.5, 0.6) is 11.5 Å². The molecule has 1 N–H and O–H groups in total. The molecule has 1 aliphatic heterocycles. The number of anilines is 1. The van der Waals surface area contributed by atoms with Crippen LogP contribution in [0.2, 0.25) is 0 Å². The molecule has 3 aromatic rings. The molecule has 0 fully saturated rings. The maximum Gasteiger partial charge on any atom is 0.322 e. The molecule has 31 heavy (non-hydrogen) atoms. The monoisotopic (exact) mass is 421 g/mol. The Morgan fingerprint density at radius 1 is 1.06 bits per heavy atom. The quantitative estimate of drug-likeness (QED) is 0.699. The fraction of sp³-hybridized carbons (Fsp3) is 0.333. The maximum atomic E-state index is 13.3. The van der Waals surface area contributed by atoms with Crippen LogP contribution in [0.1, 0.15) is 22.4 Å². The van der Waals surface area contributed by atoms with Crippen LogP contribution in [0.3, 0.4) is 0 Å². The van der Waals surface area contributed by atoms with Crippen LogP contribution in [0.25, 0.3) is 10.9 Å². The lowest BCUT2D eigenvalue weighted by Gasteiger charge is -2.31. The normalized spacial score (nSPS) is 13.1. The predicted molar refractivity (Wildman–Crippen MR) is 121 cm³/mol. The fourth-order valence-corrected chi connectivity index (χ4v) is 4.49. The Labute approximate surface area is 181 Å². The molecule has 0 saturated carbocycles. The van der Waals surface area contributed by atoms with Crippen LogP contribution < -0.4 is 20.2 Å². The molecule has 0 spiro atoms. The number of benzene rings is 2. The third-order valence-corrected chi connectivity index (χ3v) is 5.94. The number of fused-ring (bicyclic) bond motifs is 2. The molecule has 0 radical (unpaired) electrons. The second-order valence-electron chi connectivity index (χ2n) is 7.96. The highest BCUT2D eigenvalue weighted by atomic mass is 16.5. The summed E-state index contributed by atoms with van der Waals surface area (Å²) < 4.78 is 12.7. The number of nitrogens with zero attached hydrogens (tertiary/aromatic N) is 2. The number of urea groups is 1. The predicted octanol–water partition coefficient (Wildman–Crippen LogP) is 3.76. The van der Waals surface area contributed by atoms with Crippen molar-refractivity contribution in [2.45, 2.75) is 26.8 Å². The summed E-state index contributed by atoms with van der Waals surface area (Å²) in [4.78, 5) is 27.9. The third-order valence-electron chi connectivity index (χ3n) is 5.94. The van der Waals surface area contributed by atoms with Gasteiger partial charge in [-0.05, 0) is 43.2 Å². The van der Waals surface area contributed by atoms with Crippen molar-refractivity contribution < 1.29 is 14.3 Å². The van der Waals surface area contributed by atoms with Gasteiger partial charge in [0, 0.05) is 48.4 Å². The number of hydrogen-bond donors (Lipinski definition) is 1. The number of hydrogen-bond acceptors (Lipinski definition) is 4. The molecule has 2 amide bonds. The third kappa shape index (κ3) is 3.60. The van der Waals surface area contributed by atoms with E-state index < -0.39 is 0 Å². The van der Waals surface area contributed by atoms with Gasteiger partial charge in [-0.3, -0.25) is 4.79 Å². The molecule has 4 rings (SSSR count). The molecule has 7 heteroatoms. The number of nitrogens with one attached hydrogen (secondary N) is 1. The van der Waals surface area contributed by atoms with Crippen molar-refractivity contribution in [1.82, 2.24) is 9.47 Å². The average molecular weight is 421 g/mol. The molecule has 1 aliphatic rings. The van der Waals surface area contributed by atoms with Gasteiger partial charge in [0.15, 0.2) is 16.9 Å². The van der Waals surface area contributed by atoms with Gasteiger partial charge in [0.2, 0.25) is 0 Å². The SMILES string of the molecule is COc1ccc(NC(=O)N2CCc3c(c(=O)c4cc(C)cc(C)c4n3C)C2)cc1OC. The zero-order chi connectivity index (χ0) is 22.3. The summed E-state index contributed by atoms with van der Waals surface area (Å²) in [5.74, 6) is 1.13. The molecule has 0 unspecified atom stereocenters. The lowest BCUT2D eigenvalue weighted by molar-refractivity contribution is 0.205. The Balaban J connectivity index is 1.64. The van der Waals surface area contributed by atoms with E-state index in [1.807, 2.05) is 27.0 Å². The van der Waals surface area contributed by atoms with E-state index in [1.54, 1.807) is 37.3 Å². The van der Waals surface area contributed by atoms with E-state index in [-0.39, 0.29) is 18.0 Å². The van der Waals surface area contributed by atoms with Crippen molar-refractivity contribution in [3.05, 3.63) is 62.9 Å². The molecule has 0 saturated heterocycles. The van der Waals surface area contributed by atoms with Gasteiger partial charge in [-0.25, -0.2) is 4.79 Å². The zero-order valence-electron chi connectivity index (χ0n) is 18.5. The topological polar surface area (TPSA) is 72.8 Å². The summed E-state index contributed by atoms with van der Waals surface area (Å²) in [6, 6.07) is 9.00. The Hall–Kier alpha value is -3.48. The molecule has 162 valence electrons. The van der Waals surface area contributed by atoms with Crippen LogP contribution in [0.15, 0.2) is 35.1 Å². The molecular formula is C24H27N3O4. The van der Waals surface area contributed by atoms with E-state index in [9.17, 15) is 9.59 Å². The van der Waals surface area contributed by atoms with Crippen molar-refractivity contribution in [2.75, 3.05) is 26.1 Å². The van der Waals surface area contributed by atoms with Gasteiger partial charge in [-0.1, -0.05) is 6.07 Å². The smallest absolute Gasteiger partial charge is 0.322 e. The van der Waals surface area contributed by atoms with E-state index >= 15 is 0 Å². The number of ether oxygens (including phenoxy) is 2. The number of pyridine rings is 1. The van der Waals surface area contributed by atoms with Gasteiger partial charge in [0.1, 0.15) is 0 Å². The Kier molecular flexibility index (Phi) is 5.35. The summed E-state index contributed by atoms with van der Waals surface area (Å²) in [5.41, 5.74) is 5.42. The lowest BCUT2D eigenvalue weighted by Crippen LogP contribution is -2.42. The minimum Gasteiger partial charge on any atom is -0.493 e. The van der Waals surface area contributed by atoms with Gasteiger partial charge in [0.25, 0.3) is 0 Å². The first-order chi connectivity index (χ1) is 14.8. The van der Waals surface area contributed by atoms with Crippen LogP contribution in [0, 0.1) is 13.8 Å². The molecule has 2 aromatic carbocycles. The van der Waals surface area contributed by atoms with Crippen LogP contribution >= 0.6 is 0 Å². The van der Waals surface area contributed by atoms with Gasteiger partial charge in [-0.15, -0.1) is 0 Å². The largest absolute Gasteiger partial charge is 0.493 e. The first kappa shape index (κ1) is 20.8. The zero-order valence-corrected chi connectivity index (χ0v) is 18.5. The molecule has 0 atom stereocenters. The Morgan fingerprint density at radius 3 is 2.52 bits per heavy atom. The number of aromatic nitrogens is 1. The summed E-state index contributed by atoms with van der Waals surface area (Å²) in [5, 5.41) is 3.61. The Morgan fingerprint density at radius 2 is 1.81 bits per heavy atom. The number of amides is 2. The van der Waals surface area contributed by atoms with Gasteiger partial charge in [-0.2, -0.15) is 0 Å². The van der Waals surface area contributed by atoms with E-state index in [4.69, 9.17) is 9.47 Å². The maximum absolute atomic E-state index is 13.3. The van der Waals surface area contributed by atoms with Crippen molar-refractivity contribution in [3.8, 4) is 11.5 Å². The average Bonchev–Trinajstić information content (AvgIpc) is 2.76. The van der Waals surface area contributed by atoms with E-state index in [1.165, 1.54) is 0 Å². The van der Waals surface area contributed by atoms with Crippen LogP contribution in [-0.4, -0.2) is 36.3 Å². The van der Waals surface area contributed by atoms with Crippen LogP contribution in [-0.2, 0) is 20.0 Å². The van der Waals surface area contributed by atoms with Gasteiger partial charge in [0.05, 0.1) is 26.3 Å². The standard InChI is InChI=1S/C24H27N3O4/c1-14-10-15(2)22-17(11-14)23(28)18-13-27(9-8-19(18)26(22)3)24(29)25-16-6-7-20(30-4)21(12-16)31-5/h6-7,10-12H,8-9,13H2,1-5H3,(H,25,29).